The normalized spacial score (nSPS) is 12.6. The summed E-state index contributed by atoms with van der Waals surface area (Å²) in [6, 6.07) is 16.3. The monoisotopic (exact) mass is 347 g/mol. The van der Waals surface area contributed by atoms with Gasteiger partial charge in [0.05, 0.1) is 11.7 Å². The third-order valence-corrected chi connectivity index (χ3v) is 5.11. The lowest BCUT2D eigenvalue weighted by Crippen LogP contribution is -2.39. The van der Waals surface area contributed by atoms with Crippen molar-refractivity contribution in [3.05, 3.63) is 76.7 Å². The Morgan fingerprint density at radius 3 is 2.19 bits per heavy atom. The van der Waals surface area contributed by atoms with E-state index in [1.807, 2.05) is 45.2 Å². The molecule has 0 saturated carbocycles. The van der Waals surface area contributed by atoms with Crippen molar-refractivity contribution < 1.29 is 9.32 Å². The van der Waals surface area contributed by atoms with Crippen molar-refractivity contribution in [1.29, 1.82) is 0 Å². The number of rotatable bonds is 3. The van der Waals surface area contributed by atoms with Gasteiger partial charge in [-0.2, -0.15) is 0 Å². The van der Waals surface area contributed by atoms with E-state index >= 15 is 0 Å². The summed E-state index contributed by atoms with van der Waals surface area (Å²) in [5.41, 5.74) is 6.44. The molecule has 26 heavy (non-hydrogen) atoms. The molecule has 1 aliphatic rings. The molecule has 0 atom stereocenters. The van der Waals surface area contributed by atoms with Gasteiger partial charge in [-0.15, -0.1) is 0 Å². The van der Waals surface area contributed by atoms with Crippen LogP contribution in [-0.4, -0.2) is 23.1 Å². The topological polar surface area (TPSA) is 58.4 Å². The van der Waals surface area contributed by atoms with Gasteiger partial charge in [0.2, 0.25) is 0 Å². The largest absolute Gasteiger partial charge is 0.361 e. The highest BCUT2D eigenvalue weighted by molar-refractivity contribution is 5.82. The highest BCUT2D eigenvalue weighted by Gasteiger charge is 2.33. The Hall–Kier alpha value is -3.08. The first-order valence-electron chi connectivity index (χ1n) is 8.68. The third kappa shape index (κ3) is 2.56. The average molecular weight is 347 g/mol. The summed E-state index contributed by atoms with van der Waals surface area (Å²) >= 11 is 0. The lowest BCUT2D eigenvalue weighted by Gasteiger charge is -2.26. The summed E-state index contributed by atoms with van der Waals surface area (Å²) in [7, 11) is 1.84. The average Bonchev–Trinajstić information content (AvgIpc) is 3.16. The first-order chi connectivity index (χ1) is 12.6. The number of aryl methyl sites for hydroxylation is 2. The summed E-state index contributed by atoms with van der Waals surface area (Å²) in [4.78, 5) is 14.6. The second-order valence-electron chi connectivity index (χ2n) is 6.65. The zero-order valence-electron chi connectivity index (χ0n) is 15.1. The number of nitrogens with zero attached hydrogens (tertiary/aromatic N) is 2. The molecule has 5 heteroatoms. The Morgan fingerprint density at radius 2 is 1.65 bits per heavy atom. The maximum absolute atomic E-state index is 12.8. The minimum atomic E-state index is -0.124. The van der Waals surface area contributed by atoms with E-state index in [2.05, 4.69) is 34.7 Å². The zero-order chi connectivity index (χ0) is 18.3. The fraction of sp³-hybridized carbons (Fsp3) is 0.238. The molecule has 5 nitrogen and oxygen atoms in total. The van der Waals surface area contributed by atoms with Gasteiger partial charge in [-0.3, -0.25) is 0 Å². The van der Waals surface area contributed by atoms with Crippen LogP contribution >= 0.6 is 0 Å². The summed E-state index contributed by atoms with van der Waals surface area (Å²) in [5, 5.41) is 6.93. The molecular weight excluding hydrogens is 326 g/mol. The van der Waals surface area contributed by atoms with Crippen molar-refractivity contribution in [2.75, 3.05) is 7.05 Å². The van der Waals surface area contributed by atoms with Gasteiger partial charge < -0.3 is 14.7 Å². The molecule has 0 fully saturated rings. The minimum Gasteiger partial charge on any atom is -0.361 e. The molecule has 1 heterocycles. The second-order valence-corrected chi connectivity index (χ2v) is 6.65. The summed E-state index contributed by atoms with van der Waals surface area (Å²) in [6.45, 7) is 4.14. The predicted molar refractivity (Wildman–Crippen MR) is 99.7 cm³/mol. The Morgan fingerprint density at radius 1 is 1.08 bits per heavy atom. The number of urea groups is 1. The van der Waals surface area contributed by atoms with Crippen LogP contribution in [0.5, 0.6) is 0 Å². The van der Waals surface area contributed by atoms with Crippen LogP contribution < -0.4 is 5.32 Å². The molecule has 2 aromatic carbocycles. The van der Waals surface area contributed by atoms with Gasteiger partial charge in [-0.05, 0) is 36.1 Å². The van der Waals surface area contributed by atoms with E-state index in [-0.39, 0.29) is 12.1 Å². The van der Waals surface area contributed by atoms with Crippen LogP contribution in [0.2, 0.25) is 0 Å². The lowest BCUT2D eigenvalue weighted by molar-refractivity contribution is 0.198. The molecule has 2 amide bonds. The third-order valence-electron chi connectivity index (χ3n) is 5.11. The predicted octanol–water partition coefficient (Wildman–Crippen LogP) is 4.20. The molecule has 1 N–H and O–H groups in total. The van der Waals surface area contributed by atoms with E-state index in [9.17, 15) is 4.79 Å². The maximum Gasteiger partial charge on any atom is 0.318 e. The highest BCUT2D eigenvalue weighted by Crippen LogP contribution is 2.45. The maximum atomic E-state index is 12.8. The molecule has 0 aliphatic heterocycles. The van der Waals surface area contributed by atoms with Crippen molar-refractivity contribution in [1.82, 2.24) is 15.4 Å². The smallest absolute Gasteiger partial charge is 0.318 e. The molecule has 3 aromatic rings. The van der Waals surface area contributed by atoms with E-state index in [1.54, 1.807) is 4.90 Å². The number of benzene rings is 2. The Bertz CT molecular complexity index is 912. The summed E-state index contributed by atoms with van der Waals surface area (Å²) in [6.07, 6.45) is 0. The van der Waals surface area contributed by atoms with Crippen molar-refractivity contribution in [2.24, 2.45) is 0 Å². The molecular formula is C21H21N3O2. The van der Waals surface area contributed by atoms with E-state index in [1.165, 1.54) is 11.1 Å². The first-order valence-corrected chi connectivity index (χ1v) is 8.68. The van der Waals surface area contributed by atoms with Gasteiger partial charge in [0.1, 0.15) is 5.76 Å². The molecule has 0 spiro atoms. The quantitative estimate of drug-likeness (QED) is 0.772. The van der Waals surface area contributed by atoms with Crippen LogP contribution in [0.1, 0.15) is 34.2 Å². The molecule has 1 aromatic heterocycles. The number of aromatic nitrogens is 1. The fourth-order valence-electron chi connectivity index (χ4n) is 3.71. The highest BCUT2D eigenvalue weighted by atomic mass is 16.5. The van der Waals surface area contributed by atoms with Gasteiger partial charge in [-0.1, -0.05) is 53.7 Å². The molecule has 0 unspecified atom stereocenters. The number of carbonyl (C=O) groups is 1. The Labute approximate surface area is 152 Å². The first kappa shape index (κ1) is 16.4. The van der Waals surface area contributed by atoms with E-state index in [4.69, 9.17) is 4.52 Å². The summed E-state index contributed by atoms with van der Waals surface area (Å²) < 4.78 is 5.17. The summed E-state index contributed by atoms with van der Waals surface area (Å²) in [5.74, 6) is 0.738. The van der Waals surface area contributed by atoms with Crippen molar-refractivity contribution in [2.45, 2.75) is 26.4 Å². The van der Waals surface area contributed by atoms with Crippen molar-refractivity contribution >= 4 is 6.03 Å². The van der Waals surface area contributed by atoms with Gasteiger partial charge in [-0.25, -0.2) is 4.79 Å². The molecule has 4 rings (SSSR count). The zero-order valence-corrected chi connectivity index (χ0v) is 15.1. The van der Waals surface area contributed by atoms with Crippen LogP contribution in [0.15, 0.2) is 53.1 Å². The number of nitrogens with one attached hydrogen (secondary N) is 1. The van der Waals surface area contributed by atoms with Gasteiger partial charge in [0.25, 0.3) is 0 Å². The van der Waals surface area contributed by atoms with Crippen LogP contribution in [0.4, 0.5) is 4.79 Å². The number of hydrogen-bond donors (Lipinski definition) is 1. The minimum absolute atomic E-state index is 0.0907. The molecule has 0 radical (unpaired) electrons. The van der Waals surface area contributed by atoms with Crippen LogP contribution in [0.25, 0.3) is 11.1 Å². The Balaban J connectivity index is 1.60. The van der Waals surface area contributed by atoms with Crippen molar-refractivity contribution in [3.8, 4) is 11.1 Å². The van der Waals surface area contributed by atoms with Crippen molar-refractivity contribution in [3.63, 3.8) is 0 Å². The van der Waals surface area contributed by atoms with E-state index < -0.39 is 0 Å². The van der Waals surface area contributed by atoms with Gasteiger partial charge in [0, 0.05) is 19.2 Å². The van der Waals surface area contributed by atoms with E-state index in [0.29, 0.717) is 6.54 Å². The number of carbonyl (C=O) groups excluding carboxylic acids is 1. The fourth-order valence-corrected chi connectivity index (χ4v) is 3.71. The molecule has 0 bridgehead atoms. The molecule has 132 valence electrons. The van der Waals surface area contributed by atoms with Crippen LogP contribution in [0.3, 0.4) is 0 Å². The second kappa shape index (κ2) is 6.33. The number of fused-ring (bicyclic) bond motifs is 3. The standard InChI is InChI=1S/C21H21N3O2/c1-13-19(14(2)26-23-13)12-22-21(25)24(3)20-17-10-6-4-8-15(17)16-9-5-7-11-18(16)20/h4-11,20H,12H2,1-3H3,(H,22,25). The Kier molecular flexibility index (Phi) is 3.99. The van der Waals surface area contributed by atoms with Gasteiger partial charge >= 0.3 is 6.03 Å². The number of hydrogen-bond acceptors (Lipinski definition) is 3. The van der Waals surface area contributed by atoms with E-state index in [0.717, 1.165) is 28.1 Å². The molecule has 0 saturated heterocycles. The number of amides is 2. The molecule has 1 aliphatic carbocycles. The lowest BCUT2D eigenvalue weighted by atomic mass is 10.0. The van der Waals surface area contributed by atoms with Gasteiger partial charge in [0.15, 0.2) is 0 Å². The SMILES string of the molecule is Cc1noc(C)c1CNC(=O)N(C)C1c2ccccc2-c2ccccc21. The van der Waals surface area contributed by atoms with Crippen LogP contribution in [0, 0.1) is 13.8 Å². The van der Waals surface area contributed by atoms with Crippen LogP contribution in [-0.2, 0) is 6.54 Å².